The van der Waals surface area contributed by atoms with E-state index >= 15 is 0 Å². The van der Waals surface area contributed by atoms with Gasteiger partial charge in [-0.1, -0.05) is 12.1 Å². The number of H-pyrrole nitrogens is 1. The van der Waals surface area contributed by atoms with Crippen molar-refractivity contribution < 1.29 is 5.21 Å². The van der Waals surface area contributed by atoms with E-state index in [1.54, 1.807) is 13.0 Å². The van der Waals surface area contributed by atoms with Crippen LogP contribution in [-0.4, -0.2) is 35.8 Å². The van der Waals surface area contributed by atoms with E-state index in [0.29, 0.717) is 28.2 Å². The van der Waals surface area contributed by atoms with Gasteiger partial charge >= 0.3 is 5.69 Å². The second-order valence-corrected chi connectivity index (χ2v) is 5.16. The van der Waals surface area contributed by atoms with E-state index in [0.717, 1.165) is 18.2 Å². The second kappa shape index (κ2) is 6.39. The number of nitrogens with two attached hydrogens (primary N) is 1. The van der Waals surface area contributed by atoms with Gasteiger partial charge in [-0.25, -0.2) is 19.9 Å². The summed E-state index contributed by atoms with van der Waals surface area (Å²) in [6.07, 6.45) is 0.803. The average molecular weight is 309 g/mol. The van der Waals surface area contributed by atoms with Crippen molar-refractivity contribution >= 4 is 17.6 Å². The second-order valence-electron chi connectivity index (χ2n) is 4.23. The minimum Gasteiger partial charge on any atom is -0.409 e. The van der Waals surface area contributed by atoms with Crippen molar-refractivity contribution in [3.8, 4) is 0 Å². The Hall–Kier alpha value is -2.36. The zero-order chi connectivity index (χ0) is 15.4. The van der Waals surface area contributed by atoms with Gasteiger partial charge in [-0.2, -0.15) is 0 Å². The van der Waals surface area contributed by atoms with Crippen LogP contribution in [0.3, 0.4) is 0 Å². The Labute approximate surface area is 124 Å². The highest BCUT2D eigenvalue weighted by atomic mass is 32.2. The Morgan fingerprint density at radius 2 is 2.33 bits per heavy atom. The number of hydrogen-bond acceptors (Lipinski definition) is 7. The molecule has 0 radical (unpaired) electrons. The summed E-state index contributed by atoms with van der Waals surface area (Å²) >= 11 is 1.14. The van der Waals surface area contributed by atoms with E-state index in [9.17, 15) is 4.79 Å². The molecule has 0 aliphatic rings. The maximum atomic E-state index is 11.6. The Balaban J connectivity index is 2.36. The molecule has 112 valence electrons. The molecule has 0 fully saturated rings. The number of hydrogen-bond donors (Lipinski definition) is 3. The molecule has 21 heavy (non-hydrogen) atoms. The molecule has 9 nitrogen and oxygen atoms in total. The van der Waals surface area contributed by atoms with Crippen molar-refractivity contribution in [1.82, 2.24) is 24.7 Å². The third-order valence-electron chi connectivity index (χ3n) is 2.56. The van der Waals surface area contributed by atoms with E-state index in [1.165, 1.54) is 4.57 Å². The van der Waals surface area contributed by atoms with Crippen LogP contribution in [0.2, 0.25) is 0 Å². The Morgan fingerprint density at radius 1 is 1.57 bits per heavy atom. The zero-order valence-electron chi connectivity index (χ0n) is 11.6. The molecule has 2 aromatic heterocycles. The summed E-state index contributed by atoms with van der Waals surface area (Å²) in [5.74, 6) is -0.102. The van der Waals surface area contributed by atoms with E-state index < -0.39 is 0 Å². The lowest BCUT2D eigenvalue weighted by atomic mass is 10.3. The van der Waals surface area contributed by atoms with Crippen molar-refractivity contribution in [2.45, 2.75) is 37.1 Å². The molecule has 2 aromatic rings. The van der Waals surface area contributed by atoms with Gasteiger partial charge in [0.25, 0.3) is 0 Å². The monoisotopic (exact) mass is 309 g/mol. The maximum absolute atomic E-state index is 11.6. The lowest BCUT2D eigenvalue weighted by molar-refractivity contribution is 0.318. The molecule has 10 heteroatoms. The van der Waals surface area contributed by atoms with Crippen LogP contribution in [0.15, 0.2) is 26.3 Å². The lowest BCUT2D eigenvalue weighted by Crippen LogP contribution is -2.18. The molecule has 4 N–H and O–H groups in total. The van der Waals surface area contributed by atoms with Gasteiger partial charge in [-0.3, -0.25) is 4.57 Å². The molecule has 0 atom stereocenters. The van der Waals surface area contributed by atoms with Crippen molar-refractivity contribution in [2.24, 2.45) is 10.9 Å². The first-order valence-corrected chi connectivity index (χ1v) is 7.03. The third kappa shape index (κ3) is 3.40. The van der Waals surface area contributed by atoms with Crippen molar-refractivity contribution in [3.63, 3.8) is 0 Å². The van der Waals surface area contributed by atoms with Crippen molar-refractivity contribution in [2.75, 3.05) is 0 Å². The number of aryl methyl sites for hydroxylation is 1. The molecule has 0 unspecified atom stereocenters. The summed E-state index contributed by atoms with van der Waals surface area (Å²) in [5, 5.41) is 18.8. The van der Waals surface area contributed by atoms with Crippen LogP contribution < -0.4 is 11.4 Å². The Morgan fingerprint density at radius 3 is 3.00 bits per heavy atom. The fourth-order valence-electron chi connectivity index (χ4n) is 1.65. The minimum absolute atomic E-state index is 0.102. The number of oxime groups is 1. The molecule has 0 amide bonds. The topological polar surface area (TPSA) is 135 Å². The smallest absolute Gasteiger partial charge is 0.343 e. The zero-order valence-corrected chi connectivity index (χ0v) is 12.4. The molecule has 2 rings (SSSR count). The first-order valence-electron chi connectivity index (χ1n) is 6.21. The van der Waals surface area contributed by atoms with E-state index in [-0.39, 0.29) is 11.5 Å². The summed E-state index contributed by atoms with van der Waals surface area (Å²) in [4.78, 5) is 20.1. The highest BCUT2D eigenvalue weighted by Crippen LogP contribution is 2.22. The number of aromatic amines is 1. The van der Waals surface area contributed by atoms with Crippen LogP contribution in [0.5, 0.6) is 0 Å². The standard InChI is InChI=1S/C11H15N7O2S/c1-3-4-18-10(19)15-16-11(18)21-9-13-6(2)5-7(14-9)8(12)17-20/h5,20H,3-4H2,1-2H3,(H2,12,17)(H,15,19). The lowest BCUT2D eigenvalue weighted by Gasteiger charge is -2.05. The predicted molar refractivity (Wildman–Crippen MR) is 76.5 cm³/mol. The van der Waals surface area contributed by atoms with E-state index in [1.807, 2.05) is 6.92 Å². The van der Waals surface area contributed by atoms with Gasteiger partial charge in [0.15, 0.2) is 16.1 Å². The average Bonchev–Trinajstić information content (AvgIpc) is 2.79. The van der Waals surface area contributed by atoms with Crippen molar-refractivity contribution in [3.05, 3.63) is 27.9 Å². The molecule has 0 aliphatic heterocycles. The van der Waals surface area contributed by atoms with Crippen LogP contribution in [0.25, 0.3) is 0 Å². The molecular weight excluding hydrogens is 294 g/mol. The van der Waals surface area contributed by atoms with Crippen LogP contribution >= 0.6 is 11.8 Å². The molecule has 2 heterocycles. The number of amidine groups is 1. The normalized spacial score (nSPS) is 11.8. The molecule has 0 aliphatic carbocycles. The fraction of sp³-hybridized carbons (Fsp3) is 0.364. The summed E-state index contributed by atoms with van der Waals surface area (Å²) in [6.45, 7) is 4.29. The summed E-state index contributed by atoms with van der Waals surface area (Å²) in [5.41, 5.74) is 6.23. The third-order valence-corrected chi connectivity index (χ3v) is 3.42. The molecule has 0 aromatic carbocycles. The van der Waals surface area contributed by atoms with Crippen molar-refractivity contribution in [1.29, 1.82) is 0 Å². The van der Waals surface area contributed by atoms with Crippen LogP contribution in [0.4, 0.5) is 0 Å². The molecule has 0 bridgehead atoms. The number of rotatable bonds is 5. The summed E-state index contributed by atoms with van der Waals surface area (Å²) < 4.78 is 1.51. The van der Waals surface area contributed by atoms with E-state index in [4.69, 9.17) is 10.9 Å². The predicted octanol–water partition coefficient (Wildman–Crippen LogP) is 0.326. The van der Waals surface area contributed by atoms with Gasteiger partial charge in [0.1, 0.15) is 5.69 Å². The number of nitrogens with zero attached hydrogens (tertiary/aromatic N) is 5. The number of nitrogens with one attached hydrogen (secondary N) is 1. The van der Waals surface area contributed by atoms with Gasteiger partial charge in [0, 0.05) is 12.2 Å². The number of aromatic nitrogens is 5. The first-order chi connectivity index (χ1) is 10.0. The van der Waals surface area contributed by atoms with Crippen LogP contribution in [-0.2, 0) is 6.54 Å². The van der Waals surface area contributed by atoms with Gasteiger partial charge in [0.05, 0.1) is 0 Å². The largest absolute Gasteiger partial charge is 0.409 e. The quantitative estimate of drug-likeness (QED) is 0.238. The highest BCUT2D eigenvalue weighted by molar-refractivity contribution is 7.99. The minimum atomic E-state index is -0.274. The highest BCUT2D eigenvalue weighted by Gasteiger charge is 2.13. The van der Waals surface area contributed by atoms with Gasteiger partial charge in [-0.15, -0.1) is 5.10 Å². The van der Waals surface area contributed by atoms with Crippen LogP contribution in [0, 0.1) is 6.92 Å². The Bertz CT molecular complexity index is 722. The molecule has 0 saturated carbocycles. The van der Waals surface area contributed by atoms with Gasteiger partial charge in [0.2, 0.25) is 0 Å². The SMILES string of the molecule is CCCn1c(Sc2nc(C)cc(/C(N)=N/O)n2)n[nH]c1=O. The molecular formula is C11H15N7O2S. The maximum Gasteiger partial charge on any atom is 0.343 e. The molecule has 0 saturated heterocycles. The Kier molecular flexibility index (Phi) is 4.58. The van der Waals surface area contributed by atoms with E-state index in [2.05, 4.69) is 25.3 Å². The van der Waals surface area contributed by atoms with Gasteiger partial charge < -0.3 is 10.9 Å². The van der Waals surface area contributed by atoms with Gasteiger partial charge in [-0.05, 0) is 31.2 Å². The fourth-order valence-corrected chi connectivity index (χ4v) is 2.53. The summed E-state index contributed by atoms with van der Waals surface area (Å²) in [7, 11) is 0. The van der Waals surface area contributed by atoms with Crippen LogP contribution in [0.1, 0.15) is 24.7 Å². The summed E-state index contributed by atoms with van der Waals surface area (Å²) in [6, 6.07) is 1.60. The first kappa shape index (κ1) is 15.0. The molecule has 0 spiro atoms.